The average molecular weight is 279 g/mol. The summed E-state index contributed by atoms with van der Waals surface area (Å²) in [6.45, 7) is 2.01. The number of hydrogen-bond acceptors (Lipinski definition) is 3. The van der Waals surface area contributed by atoms with Gasteiger partial charge < -0.3 is 10.4 Å². The SMILES string of the molecule is CSC(CO)C(C)NC(=O)c1ccc2c(c1)CCC2. The van der Waals surface area contributed by atoms with Crippen molar-refractivity contribution >= 4 is 17.7 Å². The Morgan fingerprint density at radius 3 is 2.84 bits per heavy atom. The minimum absolute atomic E-state index is 0.0402. The predicted octanol–water partition coefficient (Wildman–Crippen LogP) is 2.02. The lowest BCUT2D eigenvalue weighted by Crippen LogP contribution is -2.41. The van der Waals surface area contributed by atoms with Gasteiger partial charge in [-0.2, -0.15) is 11.8 Å². The lowest BCUT2D eigenvalue weighted by Gasteiger charge is -2.21. The molecule has 2 atom stereocenters. The maximum absolute atomic E-state index is 12.2. The van der Waals surface area contributed by atoms with Gasteiger partial charge in [-0.1, -0.05) is 6.07 Å². The highest BCUT2D eigenvalue weighted by Crippen LogP contribution is 2.23. The molecule has 0 fully saturated rings. The third kappa shape index (κ3) is 3.31. The minimum Gasteiger partial charge on any atom is -0.395 e. The number of carbonyl (C=O) groups excluding carboxylic acids is 1. The molecule has 104 valence electrons. The molecular formula is C15H21NO2S. The second-order valence-electron chi connectivity index (χ2n) is 5.06. The second kappa shape index (κ2) is 6.44. The quantitative estimate of drug-likeness (QED) is 0.867. The van der Waals surface area contributed by atoms with E-state index < -0.39 is 0 Å². The summed E-state index contributed by atoms with van der Waals surface area (Å²) in [5.41, 5.74) is 3.41. The highest BCUT2D eigenvalue weighted by Gasteiger charge is 2.19. The van der Waals surface area contributed by atoms with Crippen LogP contribution in [0.3, 0.4) is 0 Å². The van der Waals surface area contributed by atoms with Crippen LogP contribution in [-0.4, -0.2) is 35.2 Å². The third-order valence-corrected chi connectivity index (χ3v) is 4.92. The van der Waals surface area contributed by atoms with Crippen LogP contribution in [0, 0.1) is 0 Å². The number of thioether (sulfide) groups is 1. The largest absolute Gasteiger partial charge is 0.395 e. The first-order valence-electron chi connectivity index (χ1n) is 6.72. The van der Waals surface area contributed by atoms with Gasteiger partial charge >= 0.3 is 0 Å². The van der Waals surface area contributed by atoms with Crippen LogP contribution < -0.4 is 5.32 Å². The normalized spacial score (nSPS) is 16.8. The molecular weight excluding hydrogens is 258 g/mol. The third-order valence-electron chi connectivity index (χ3n) is 3.76. The molecule has 0 saturated heterocycles. The van der Waals surface area contributed by atoms with Crippen molar-refractivity contribution in [2.75, 3.05) is 12.9 Å². The number of aliphatic hydroxyl groups excluding tert-OH is 1. The van der Waals surface area contributed by atoms with Gasteiger partial charge in [-0.05, 0) is 55.7 Å². The first-order valence-corrected chi connectivity index (χ1v) is 8.00. The van der Waals surface area contributed by atoms with E-state index in [0.29, 0.717) is 0 Å². The van der Waals surface area contributed by atoms with Crippen molar-refractivity contribution in [1.29, 1.82) is 0 Å². The summed E-state index contributed by atoms with van der Waals surface area (Å²) in [5.74, 6) is -0.0466. The van der Waals surface area contributed by atoms with Crippen molar-refractivity contribution in [2.45, 2.75) is 37.5 Å². The van der Waals surface area contributed by atoms with Gasteiger partial charge in [-0.15, -0.1) is 0 Å². The first kappa shape index (κ1) is 14.4. The Morgan fingerprint density at radius 2 is 2.16 bits per heavy atom. The van der Waals surface area contributed by atoms with E-state index in [-0.39, 0.29) is 23.8 Å². The molecule has 0 radical (unpaired) electrons. The molecule has 0 aliphatic heterocycles. The van der Waals surface area contributed by atoms with Gasteiger partial charge in [0.25, 0.3) is 5.91 Å². The number of benzene rings is 1. The van der Waals surface area contributed by atoms with Gasteiger partial charge in [0, 0.05) is 16.9 Å². The standard InChI is InChI=1S/C15H21NO2S/c1-10(14(9-17)19-2)16-15(18)13-7-6-11-4-3-5-12(11)8-13/h6-8,10,14,17H,3-5,9H2,1-2H3,(H,16,18). The summed E-state index contributed by atoms with van der Waals surface area (Å²) in [6.07, 6.45) is 5.34. The molecule has 3 nitrogen and oxygen atoms in total. The van der Waals surface area contributed by atoms with E-state index >= 15 is 0 Å². The van der Waals surface area contributed by atoms with Gasteiger partial charge in [0.15, 0.2) is 0 Å². The molecule has 4 heteroatoms. The fourth-order valence-corrected chi connectivity index (χ4v) is 3.16. The van der Waals surface area contributed by atoms with E-state index in [0.717, 1.165) is 18.4 Å². The lowest BCUT2D eigenvalue weighted by atomic mass is 10.1. The van der Waals surface area contributed by atoms with Crippen LogP contribution in [0.5, 0.6) is 0 Å². The Hall–Kier alpha value is -1.00. The van der Waals surface area contributed by atoms with Crippen LogP contribution >= 0.6 is 11.8 Å². The van der Waals surface area contributed by atoms with Crippen molar-refractivity contribution in [3.05, 3.63) is 34.9 Å². The molecule has 0 heterocycles. The van der Waals surface area contributed by atoms with Crippen LogP contribution in [0.15, 0.2) is 18.2 Å². The Labute approximate surface area is 118 Å². The maximum Gasteiger partial charge on any atom is 0.251 e. The molecule has 1 aromatic rings. The highest BCUT2D eigenvalue weighted by molar-refractivity contribution is 7.99. The number of aryl methyl sites for hydroxylation is 2. The number of amides is 1. The maximum atomic E-state index is 12.2. The van der Waals surface area contributed by atoms with E-state index in [2.05, 4.69) is 11.4 Å². The second-order valence-corrected chi connectivity index (χ2v) is 6.13. The van der Waals surface area contributed by atoms with Gasteiger partial charge in [-0.25, -0.2) is 0 Å². The molecule has 2 unspecified atom stereocenters. The van der Waals surface area contributed by atoms with E-state index in [1.165, 1.54) is 17.5 Å². The lowest BCUT2D eigenvalue weighted by molar-refractivity contribution is 0.0936. The van der Waals surface area contributed by atoms with Crippen molar-refractivity contribution in [2.24, 2.45) is 0 Å². The number of fused-ring (bicyclic) bond motifs is 1. The number of aliphatic hydroxyl groups is 1. The van der Waals surface area contributed by atoms with Crippen LogP contribution in [-0.2, 0) is 12.8 Å². The number of carbonyl (C=O) groups is 1. The number of nitrogens with one attached hydrogen (secondary N) is 1. The first-order chi connectivity index (χ1) is 9.15. The fourth-order valence-electron chi connectivity index (χ4n) is 2.53. The van der Waals surface area contributed by atoms with Crippen LogP contribution in [0.2, 0.25) is 0 Å². The van der Waals surface area contributed by atoms with Gasteiger partial charge in [-0.3, -0.25) is 4.79 Å². The van der Waals surface area contributed by atoms with E-state index in [1.54, 1.807) is 11.8 Å². The average Bonchev–Trinajstić information content (AvgIpc) is 2.87. The number of hydrogen-bond donors (Lipinski definition) is 2. The van der Waals surface area contributed by atoms with Gasteiger partial charge in [0.1, 0.15) is 0 Å². The zero-order valence-corrected chi connectivity index (χ0v) is 12.3. The molecule has 1 amide bonds. The smallest absolute Gasteiger partial charge is 0.251 e. The molecule has 0 aromatic heterocycles. The van der Waals surface area contributed by atoms with Crippen molar-refractivity contribution in [3.8, 4) is 0 Å². The molecule has 1 aliphatic carbocycles. The van der Waals surface area contributed by atoms with Crippen molar-refractivity contribution in [3.63, 3.8) is 0 Å². The monoisotopic (exact) mass is 279 g/mol. The Bertz CT molecular complexity index is 457. The highest BCUT2D eigenvalue weighted by atomic mass is 32.2. The Kier molecular flexibility index (Phi) is 4.88. The van der Waals surface area contributed by atoms with Crippen LogP contribution in [0.4, 0.5) is 0 Å². The van der Waals surface area contributed by atoms with E-state index in [9.17, 15) is 9.90 Å². The molecule has 1 aromatic carbocycles. The van der Waals surface area contributed by atoms with Crippen molar-refractivity contribution < 1.29 is 9.90 Å². The molecule has 0 bridgehead atoms. The minimum atomic E-state index is -0.0466. The summed E-state index contributed by atoms with van der Waals surface area (Å²) < 4.78 is 0. The summed E-state index contributed by atoms with van der Waals surface area (Å²) >= 11 is 1.57. The molecule has 2 N–H and O–H groups in total. The molecule has 2 rings (SSSR count). The molecule has 19 heavy (non-hydrogen) atoms. The fraction of sp³-hybridized carbons (Fsp3) is 0.533. The van der Waals surface area contributed by atoms with Gasteiger partial charge in [0.2, 0.25) is 0 Å². The summed E-state index contributed by atoms with van der Waals surface area (Å²) in [6, 6.07) is 5.94. The van der Waals surface area contributed by atoms with E-state index in [4.69, 9.17) is 0 Å². The topological polar surface area (TPSA) is 49.3 Å². The number of rotatable bonds is 5. The van der Waals surface area contributed by atoms with Crippen LogP contribution in [0.25, 0.3) is 0 Å². The molecule has 0 spiro atoms. The Balaban J connectivity index is 2.04. The summed E-state index contributed by atoms with van der Waals surface area (Å²) in [7, 11) is 0. The predicted molar refractivity (Wildman–Crippen MR) is 79.8 cm³/mol. The van der Waals surface area contributed by atoms with Gasteiger partial charge in [0.05, 0.1) is 6.61 Å². The molecule has 1 aliphatic rings. The van der Waals surface area contributed by atoms with E-state index in [1.807, 2.05) is 25.3 Å². The van der Waals surface area contributed by atoms with Crippen molar-refractivity contribution in [1.82, 2.24) is 5.32 Å². The summed E-state index contributed by atoms with van der Waals surface area (Å²) in [5, 5.41) is 12.2. The zero-order valence-electron chi connectivity index (χ0n) is 11.5. The summed E-state index contributed by atoms with van der Waals surface area (Å²) in [4.78, 5) is 12.2. The molecule has 0 saturated carbocycles. The van der Waals surface area contributed by atoms with Crippen LogP contribution in [0.1, 0.15) is 34.8 Å². The Morgan fingerprint density at radius 1 is 1.42 bits per heavy atom. The zero-order chi connectivity index (χ0) is 13.8.